The first-order chi connectivity index (χ1) is 10.2. The van der Waals surface area contributed by atoms with E-state index in [1.54, 1.807) is 12.1 Å². The van der Waals surface area contributed by atoms with Gasteiger partial charge in [-0.2, -0.15) is 0 Å². The summed E-state index contributed by atoms with van der Waals surface area (Å²) in [4.78, 5) is 11.9. The molecular formula is C17H13FN2O. The molecule has 3 aromatic rings. The van der Waals surface area contributed by atoms with E-state index in [-0.39, 0.29) is 0 Å². The lowest BCUT2D eigenvalue weighted by Gasteiger charge is -2.08. The van der Waals surface area contributed by atoms with E-state index in [9.17, 15) is 9.18 Å². The molecule has 0 atom stereocenters. The highest BCUT2D eigenvalue weighted by Crippen LogP contribution is 2.19. The number of carbonyl (C=O) groups excluding carboxylic acids is 1. The van der Waals surface area contributed by atoms with Crippen LogP contribution in [-0.2, 0) is 0 Å². The van der Waals surface area contributed by atoms with Crippen molar-refractivity contribution in [3.63, 3.8) is 0 Å². The molecular weight excluding hydrogens is 267 g/mol. The molecule has 0 bridgehead atoms. The van der Waals surface area contributed by atoms with Gasteiger partial charge in [-0.05, 0) is 41.1 Å². The van der Waals surface area contributed by atoms with Crippen LogP contribution in [0.2, 0.25) is 0 Å². The van der Waals surface area contributed by atoms with Crippen LogP contribution in [0.15, 0.2) is 66.7 Å². The monoisotopic (exact) mass is 280 g/mol. The maximum atomic E-state index is 13.0. The third-order valence-electron chi connectivity index (χ3n) is 3.09. The minimum atomic E-state index is -0.407. The number of nitrogens with one attached hydrogen (secondary N) is 2. The molecule has 2 N–H and O–H groups in total. The van der Waals surface area contributed by atoms with Gasteiger partial charge in [0.15, 0.2) is 0 Å². The van der Waals surface area contributed by atoms with E-state index in [0.717, 1.165) is 10.8 Å². The first kappa shape index (κ1) is 13.1. The Morgan fingerprint density at radius 3 is 2.24 bits per heavy atom. The summed E-state index contributed by atoms with van der Waals surface area (Å²) >= 11 is 0. The number of anilines is 2. The second-order valence-corrected chi connectivity index (χ2v) is 4.65. The van der Waals surface area contributed by atoms with Gasteiger partial charge in [0.25, 0.3) is 0 Å². The molecule has 0 aliphatic carbocycles. The van der Waals surface area contributed by atoms with Crippen molar-refractivity contribution in [1.82, 2.24) is 0 Å². The van der Waals surface area contributed by atoms with Gasteiger partial charge < -0.3 is 10.6 Å². The molecule has 0 unspecified atom stereocenters. The van der Waals surface area contributed by atoms with Gasteiger partial charge in [0, 0.05) is 11.4 Å². The number of amides is 2. The van der Waals surface area contributed by atoms with Crippen LogP contribution in [0.25, 0.3) is 10.8 Å². The Kier molecular flexibility index (Phi) is 3.51. The van der Waals surface area contributed by atoms with E-state index in [2.05, 4.69) is 10.6 Å². The lowest BCUT2D eigenvalue weighted by atomic mass is 10.1. The van der Waals surface area contributed by atoms with Crippen LogP contribution >= 0.6 is 0 Å². The molecule has 3 nitrogen and oxygen atoms in total. The zero-order valence-electron chi connectivity index (χ0n) is 11.1. The number of urea groups is 1. The van der Waals surface area contributed by atoms with Crippen molar-refractivity contribution >= 4 is 28.2 Å². The van der Waals surface area contributed by atoms with E-state index in [0.29, 0.717) is 11.4 Å². The Morgan fingerprint density at radius 2 is 1.48 bits per heavy atom. The molecule has 3 aromatic carbocycles. The molecule has 0 saturated heterocycles. The van der Waals surface area contributed by atoms with Crippen molar-refractivity contribution in [2.45, 2.75) is 0 Å². The van der Waals surface area contributed by atoms with Crippen molar-refractivity contribution in [3.05, 3.63) is 72.5 Å². The summed E-state index contributed by atoms with van der Waals surface area (Å²) in [6.07, 6.45) is 0. The molecule has 0 aliphatic heterocycles. The minimum absolute atomic E-state index is 0.390. The zero-order valence-corrected chi connectivity index (χ0v) is 11.1. The highest BCUT2D eigenvalue weighted by Gasteiger charge is 2.04. The van der Waals surface area contributed by atoms with Crippen LogP contribution < -0.4 is 10.6 Å². The average molecular weight is 280 g/mol. The predicted molar refractivity (Wildman–Crippen MR) is 83.0 cm³/mol. The Hall–Kier alpha value is -2.88. The summed E-state index contributed by atoms with van der Waals surface area (Å²) in [7, 11) is 0. The SMILES string of the molecule is O=C(Nc1cccc(F)c1)Nc1ccc2ccccc2c1. The van der Waals surface area contributed by atoms with Gasteiger partial charge >= 0.3 is 6.03 Å². The normalized spacial score (nSPS) is 10.3. The quantitative estimate of drug-likeness (QED) is 0.706. The summed E-state index contributed by atoms with van der Waals surface area (Å²) in [5.41, 5.74) is 1.09. The molecule has 0 spiro atoms. The highest BCUT2D eigenvalue weighted by atomic mass is 19.1. The summed E-state index contributed by atoms with van der Waals surface area (Å²) in [5, 5.41) is 7.47. The number of carbonyl (C=O) groups is 1. The summed E-state index contributed by atoms with van der Waals surface area (Å²) in [6, 6.07) is 18.9. The molecule has 104 valence electrons. The van der Waals surface area contributed by atoms with Gasteiger partial charge in [-0.3, -0.25) is 0 Å². The Labute approximate surface area is 121 Å². The molecule has 0 aromatic heterocycles. The summed E-state index contributed by atoms with van der Waals surface area (Å²) in [5.74, 6) is -0.390. The second-order valence-electron chi connectivity index (χ2n) is 4.65. The van der Waals surface area contributed by atoms with Gasteiger partial charge in [-0.25, -0.2) is 9.18 Å². The van der Waals surface area contributed by atoms with Crippen molar-refractivity contribution in [3.8, 4) is 0 Å². The maximum Gasteiger partial charge on any atom is 0.323 e. The zero-order chi connectivity index (χ0) is 14.7. The van der Waals surface area contributed by atoms with Crippen LogP contribution in [0.1, 0.15) is 0 Å². The predicted octanol–water partition coefficient (Wildman–Crippen LogP) is 4.62. The van der Waals surface area contributed by atoms with E-state index in [1.165, 1.54) is 12.1 Å². The Balaban J connectivity index is 1.74. The number of fused-ring (bicyclic) bond motifs is 1. The van der Waals surface area contributed by atoms with E-state index in [1.807, 2.05) is 42.5 Å². The Morgan fingerprint density at radius 1 is 0.762 bits per heavy atom. The topological polar surface area (TPSA) is 41.1 Å². The Bertz CT molecular complexity index is 801. The van der Waals surface area contributed by atoms with Crippen molar-refractivity contribution in [2.24, 2.45) is 0 Å². The first-order valence-electron chi connectivity index (χ1n) is 6.53. The summed E-state index contributed by atoms with van der Waals surface area (Å²) < 4.78 is 13.0. The lowest BCUT2D eigenvalue weighted by molar-refractivity contribution is 0.262. The average Bonchev–Trinajstić information content (AvgIpc) is 2.47. The second kappa shape index (κ2) is 5.63. The van der Waals surface area contributed by atoms with Crippen LogP contribution in [-0.4, -0.2) is 6.03 Å². The molecule has 0 fully saturated rings. The molecule has 0 radical (unpaired) electrons. The fourth-order valence-electron chi connectivity index (χ4n) is 2.13. The van der Waals surface area contributed by atoms with Crippen LogP contribution in [0.4, 0.5) is 20.6 Å². The minimum Gasteiger partial charge on any atom is -0.308 e. The largest absolute Gasteiger partial charge is 0.323 e. The molecule has 2 amide bonds. The maximum absolute atomic E-state index is 13.0. The molecule has 3 rings (SSSR count). The number of hydrogen-bond donors (Lipinski definition) is 2. The number of halogens is 1. The van der Waals surface area contributed by atoms with Crippen molar-refractivity contribution < 1.29 is 9.18 Å². The van der Waals surface area contributed by atoms with Crippen molar-refractivity contribution in [2.75, 3.05) is 10.6 Å². The fraction of sp³-hybridized carbons (Fsp3) is 0. The lowest BCUT2D eigenvalue weighted by Crippen LogP contribution is -2.19. The van der Waals surface area contributed by atoms with Crippen molar-refractivity contribution in [1.29, 1.82) is 0 Å². The molecule has 4 heteroatoms. The molecule has 0 aliphatic rings. The third-order valence-corrected chi connectivity index (χ3v) is 3.09. The van der Waals surface area contributed by atoms with Gasteiger partial charge in [0.2, 0.25) is 0 Å². The molecule has 0 saturated carbocycles. The molecule has 0 heterocycles. The standard InChI is InChI=1S/C17H13FN2O/c18-14-6-3-7-15(11-14)19-17(21)20-16-9-8-12-4-1-2-5-13(12)10-16/h1-11H,(H2,19,20,21). The van der Waals surface area contributed by atoms with E-state index in [4.69, 9.17) is 0 Å². The number of hydrogen-bond acceptors (Lipinski definition) is 1. The number of benzene rings is 3. The van der Waals surface area contributed by atoms with Gasteiger partial charge in [-0.1, -0.05) is 36.4 Å². The van der Waals surface area contributed by atoms with Crippen LogP contribution in [0.3, 0.4) is 0 Å². The third kappa shape index (κ3) is 3.17. The smallest absolute Gasteiger partial charge is 0.308 e. The first-order valence-corrected chi connectivity index (χ1v) is 6.53. The van der Waals surface area contributed by atoms with Crippen LogP contribution in [0.5, 0.6) is 0 Å². The number of rotatable bonds is 2. The van der Waals surface area contributed by atoms with Gasteiger partial charge in [-0.15, -0.1) is 0 Å². The van der Waals surface area contributed by atoms with Crippen LogP contribution in [0, 0.1) is 5.82 Å². The fourth-order valence-corrected chi connectivity index (χ4v) is 2.13. The van der Waals surface area contributed by atoms with E-state index < -0.39 is 11.8 Å². The molecule has 21 heavy (non-hydrogen) atoms. The van der Waals surface area contributed by atoms with E-state index >= 15 is 0 Å². The van der Waals surface area contributed by atoms with Gasteiger partial charge in [0.05, 0.1) is 0 Å². The highest BCUT2D eigenvalue weighted by molar-refractivity contribution is 6.01. The summed E-state index contributed by atoms with van der Waals surface area (Å²) in [6.45, 7) is 0. The van der Waals surface area contributed by atoms with Gasteiger partial charge in [0.1, 0.15) is 5.82 Å².